The summed E-state index contributed by atoms with van der Waals surface area (Å²) in [5.41, 5.74) is 0. The molecule has 0 aliphatic heterocycles. The third-order valence-corrected chi connectivity index (χ3v) is 3.80. The topological polar surface area (TPSA) is 62.5 Å². The van der Waals surface area contributed by atoms with E-state index < -0.39 is 0 Å². The number of amides is 1. The van der Waals surface area contributed by atoms with Crippen LogP contribution < -0.4 is 5.32 Å². The molecule has 0 radical (unpaired) electrons. The van der Waals surface area contributed by atoms with E-state index in [0.29, 0.717) is 22.9 Å². The second-order valence-electron chi connectivity index (χ2n) is 4.89. The fourth-order valence-corrected chi connectivity index (χ4v) is 2.55. The van der Waals surface area contributed by atoms with Gasteiger partial charge in [-0.3, -0.25) is 4.79 Å². The molecule has 0 saturated heterocycles. The van der Waals surface area contributed by atoms with E-state index in [0.717, 1.165) is 25.7 Å². The average Bonchev–Trinajstić information content (AvgIpc) is 2.81. The van der Waals surface area contributed by atoms with Gasteiger partial charge in [-0.1, -0.05) is 0 Å². The number of carbonyl (C=O) groups excluding carboxylic acids is 1. The van der Waals surface area contributed by atoms with Gasteiger partial charge in [-0.25, -0.2) is 0 Å². The fraction of sp³-hybridized carbons (Fsp3) is 0.500. The first-order valence-corrected chi connectivity index (χ1v) is 7.32. The molecule has 1 aliphatic carbocycles. The van der Waals surface area contributed by atoms with Crippen molar-refractivity contribution in [1.82, 2.24) is 5.32 Å². The number of furan rings is 1. The second-order valence-corrected chi connectivity index (χ2v) is 5.68. The van der Waals surface area contributed by atoms with Crippen molar-refractivity contribution in [2.75, 3.05) is 6.54 Å². The zero-order chi connectivity index (χ0) is 13.7. The number of hydrogen-bond acceptors (Lipinski definition) is 3. The smallest absolute Gasteiger partial charge is 0.244 e. The summed E-state index contributed by atoms with van der Waals surface area (Å²) in [7, 11) is 0. The van der Waals surface area contributed by atoms with Gasteiger partial charge in [0.15, 0.2) is 4.67 Å². The minimum Gasteiger partial charge on any atom is -0.450 e. The summed E-state index contributed by atoms with van der Waals surface area (Å²) < 4.78 is 5.91. The van der Waals surface area contributed by atoms with Crippen molar-refractivity contribution in [1.29, 1.82) is 0 Å². The van der Waals surface area contributed by atoms with Crippen LogP contribution in [0.1, 0.15) is 31.4 Å². The van der Waals surface area contributed by atoms with Crippen molar-refractivity contribution < 1.29 is 14.3 Å². The normalized spacial score (nSPS) is 23.7. The van der Waals surface area contributed by atoms with E-state index in [1.807, 2.05) is 0 Å². The van der Waals surface area contributed by atoms with Crippen molar-refractivity contribution in [3.63, 3.8) is 0 Å². The van der Waals surface area contributed by atoms with Crippen molar-refractivity contribution in [3.05, 3.63) is 28.6 Å². The van der Waals surface area contributed by atoms with Gasteiger partial charge in [-0.05, 0) is 65.7 Å². The van der Waals surface area contributed by atoms with E-state index in [9.17, 15) is 9.90 Å². The first kappa shape index (κ1) is 14.3. The quantitative estimate of drug-likeness (QED) is 0.836. The molecule has 1 heterocycles. The summed E-state index contributed by atoms with van der Waals surface area (Å²) in [4.78, 5) is 11.6. The summed E-state index contributed by atoms with van der Waals surface area (Å²) in [5.74, 6) is 1.01. The number of aliphatic hydroxyl groups excluding tert-OH is 1. The highest BCUT2D eigenvalue weighted by Crippen LogP contribution is 2.23. The standard InChI is InChI=1S/C14H18BrNO3/c15-13-7-5-12(19-13)6-8-14(18)16-9-10-1-3-11(17)4-2-10/h5-8,10-11,17H,1-4,9H2,(H,16,18)/b8-6+. The Hall–Kier alpha value is -1.07. The lowest BCUT2D eigenvalue weighted by molar-refractivity contribution is -0.116. The zero-order valence-electron chi connectivity index (χ0n) is 10.6. The number of aliphatic hydroxyl groups is 1. The molecule has 1 aromatic rings. The molecule has 1 aromatic heterocycles. The Kier molecular flexibility index (Phi) is 5.22. The molecule has 1 saturated carbocycles. The molecule has 1 fully saturated rings. The van der Waals surface area contributed by atoms with E-state index in [1.54, 1.807) is 18.2 Å². The monoisotopic (exact) mass is 327 g/mol. The molecule has 2 N–H and O–H groups in total. The molecule has 1 amide bonds. The van der Waals surface area contributed by atoms with Gasteiger partial charge in [0.1, 0.15) is 5.76 Å². The van der Waals surface area contributed by atoms with Gasteiger partial charge in [-0.2, -0.15) is 0 Å². The van der Waals surface area contributed by atoms with Gasteiger partial charge in [0.2, 0.25) is 5.91 Å². The van der Waals surface area contributed by atoms with Crippen LogP contribution in [0.15, 0.2) is 27.3 Å². The van der Waals surface area contributed by atoms with Crippen LogP contribution in [0, 0.1) is 5.92 Å². The van der Waals surface area contributed by atoms with Crippen LogP contribution in [0.25, 0.3) is 6.08 Å². The Balaban J connectivity index is 1.71. The fourth-order valence-electron chi connectivity index (χ4n) is 2.23. The molecule has 0 spiro atoms. The molecule has 0 aromatic carbocycles. The maximum Gasteiger partial charge on any atom is 0.244 e. The minimum atomic E-state index is -0.149. The molecule has 5 heteroatoms. The molecule has 0 bridgehead atoms. The summed E-state index contributed by atoms with van der Waals surface area (Å²) in [5, 5.41) is 12.3. The van der Waals surface area contributed by atoms with Crippen LogP contribution >= 0.6 is 15.9 Å². The van der Waals surface area contributed by atoms with Crippen LogP contribution in [-0.4, -0.2) is 23.7 Å². The van der Waals surface area contributed by atoms with E-state index in [4.69, 9.17) is 4.42 Å². The van der Waals surface area contributed by atoms with Crippen molar-refractivity contribution in [3.8, 4) is 0 Å². The lowest BCUT2D eigenvalue weighted by Gasteiger charge is -2.25. The lowest BCUT2D eigenvalue weighted by Crippen LogP contribution is -2.31. The minimum absolute atomic E-state index is 0.112. The van der Waals surface area contributed by atoms with Crippen LogP contribution in [-0.2, 0) is 4.79 Å². The first-order valence-electron chi connectivity index (χ1n) is 6.53. The highest BCUT2D eigenvalue weighted by Gasteiger charge is 2.19. The molecule has 2 rings (SSSR count). The van der Waals surface area contributed by atoms with E-state index >= 15 is 0 Å². The van der Waals surface area contributed by atoms with Crippen LogP contribution in [0.3, 0.4) is 0 Å². The summed E-state index contributed by atoms with van der Waals surface area (Å²) in [6.07, 6.45) is 6.62. The van der Waals surface area contributed by atoms with Gasteiger partial charge in [0.25, 0.3) is 0 Å². The van der Waals surface area contributed by atoms with E-state index in [1.165, 1.54) is 6.08 Å². The van der Waals surface area contributed by atoms with Gasteiger partial charge in [0.05, 0.1) is 6.10 Å². The Morgan fingerprint density at radius 2 is 2.16 bits per heavy atom. The van der Waals surface area contributed by atoms with Gasteiger partial charge in [-0.15, -0.1) is 0 Å². The SMILES string of the molecule is O=C(/C=C/c1ccc(Br)o1)NCC1CCC(O)CC1. The molecular formula is C14H18BrNO3. The van der Waals surface area contributed by atoms with Crippen LogP contribution in [0.4, 0.5) is 0 Å². The summed E-state index contributed by atoms with van der Waals surface area (Å²) >= 11 is 3.21. The molecular weight excluding hydrogens is 310 g/mol. The Bertz CT molecular complexity index is 447. The van der Waals surface area contributed by atoms with Gasteiger partial charge in [0, 0.05) is 12.6 Å². The largest absolute Gasteiger partial charge is 0.450 e. The first-order chi connectivity index (χ1) is 9.13. The Morgan fingerprint density at radius 1 is 1.42 bits per heavy atom. The van der Waals surface area contributed by atoms with Crippen molar-refractivity contribution in [2.24, 2.45) is 5.92 Å². The zero-order valence-corrected chi connectivity index (χ0v) is 12.2. The number of rotatable bonds is 4. The molecule has 0 unspecified atom stereocenters. The number of halogens is 1. The van der Waals surface area contributed by atoms with Crippen LogP contribution in [0.2, 0.25) is 0 Å². The Morgan fingerprint density at radius 3 is 2.79 bits per heavy atom. The number of hydrogen-bond donors (Lipinski definition) is 2. The predicted octanol–water partition coefficient (Wildman–Crippen LogP) is 2.72. The maximum absolute atomic E-state index is 11.6. The number of nitrogens with one attached hydrogen (secondary N) is 1. The lowest BCUT2D eigenvalue weighted by atomic mass is 9.87. The molecule has 0 atom stereocenters. The highest BCUT2D eigenvalue weighted by atomic mass is 79.9. The molecule has 19 heavy (non-hydrogen) atoms. The third kappa shape index (κ3) is 4.84. The van der Waals surface area contributed by atoms with Crippen LogP contribution in [0.5, 0.6) is 0 Å². The number of carbonyl (C=O) groups is 1. The molecule has 4 nitrogen and oxygen atoms in total. The average molecular weight is 328 g/mol. The van der Waals surface area contributed by atoms with Gasteiger partial charge >= 0.3 is 0 Å². The molecule has 1 aliphatic rings. The second kappa shape index (κ2) is 6.91. The highest BCUT2D eigenvalue weighted by molar-refractivity contribution is 9.10. The summed E-state index contributed by atoms with van der Waals surface area (Å²) in [6, 6.07) is 3.57. The Labute approximate surface area is 121 Å². The molecule has 104 valence electrons. The van der Waals surface area contributed by atoms with Crippen molar-refractivity contribution in [2.45, 2.75) is 31.8 Å². The predicted molar refractivity (Wildman–Crippen MR) is 76.4 cm³/mol. The maximum atomic E-state index is 11.6. The van der Waals surface area contributed by atoms with E-state index in [2.05, 4.69) is 21.2 Å². The van der Waals surface area contributed by atoms with E-state index in [-0.39, 0.29) is 12.0 Å². The third-order valence-electron chi connectivity index (χ3n) is 3.37. The summed E-state index contributed by atoms with van der Waals surface area (Å²) in [6.45, 7) is 0.678. The van der Waals surface area contributed by atoms with Crippen molar-refractivity contribution >= 4 is 27.9 Å². The van der Waals surface area contributed by atoms with Gasteiger partial charge < -0.3 is 14.8 Å².